The largest absolute Gasteiger partial charge is 0.490 e. The molecule has 2 aliphatic rings. The van der Waals surface area contributed by atoms with Gasteiger partial charge in [0.05, 0.1) is 23.0 Å². The van der Waals surface area contributed by atoms with Crippen LogP contribution < -0.4 is 4.74 Å². The number of nitriles is 1. The molecule has 1 aromatic heterocycles. The van der Waals surface area contributed by atoms with Crippen LogP contribution in [0.2, 0.25) is 0 Å². The van der Waals surface area contributed by atoms with E-state index in [1.165, 1.54) is 0 Å². The predicted molar refractivity (Wildman–Crippen MR) is 98.7 cm³/mol. The summed E-state index contributed by atoms with van der Waals surface area (Å²) in [6, 6.07) is 9.04. The molecule has 2 fully saturated rings. The van der Waals surface area contributed by atoms with Gasteiger partial charge in [-0.3, -0.25) is 5.10 Å². The minimum absolute atomic E-state index is 0.0200. The molecule has 1 N–H and O–H groups in total. The molecule has 0 amide bonds. The summed E-state index contributed by atoms with van der Waals surface area (Å²) in [6.45, 7) is 3.47. The van der Waals surface area contributed by atoms with Crippen LogP contribution in [0.5, 0.6) is 5.75 Å². The van der Waals surface area contributed by atoms with Gasteiger partial charge in [-0.05, 0) is 51.0 Å². The molecule has 2 bridgehead atoms. The highest BCUT2D eigenvalue weighted by molar-refractivity contribution is 7.89. The van der Waals surface area contributed by atoms with Crippen LogP contribution >= 0.6 is 0 Å². The van der Waals surface area contributed by atoms with E-state index in [9.17, 15) is 8.42 Å². The molecule has 0 spiro atoms. The van der Waals surface area contributed by atoms with E-state index in [0.29, 0.717) is 34.7 Å². The van der Waals surface area contributed by atoms with Crippen molar-refractivity contribution in [3.8, 4) is 11.8 Å². The number of fused-ring (bicyclic) bond motifs is 2. The van der Waals surface area contributed by atoms with E-state index < -0.39 is 10.0 Å². The molecule has 2 saturated heterocycles. The molecule has 1 aromatic carbocycles. The van der Waals surface area contributed by atoms with E-state index in [4.69, 9.17) is 10.00 Å². The number of aromatic amines is 1. The summed E-state index contributed by atoms with van der Waals surface area (Å²) in [5.74, 6) is 0.719. The molecule has 2 aromatic rings. The van der Waals surface area contributed by atoms with Gasteiger partial charge >= 0.3 is 0 Å². The molecule has 0 saturated carbocycles. The van der Waals surface area contributed by atoms with E-state index in [0.717, 1.165) is 18.6 Å². The normalized spacial score (nSPS) is 25.3. The van der Waals surface area contributed by atoms with Crippen LogP contribution in [-0.2, 0) is 10.0 Å². The Balaban J connectivity index is 1.53. The Hall–Kier alpha value is -2.37. The first kappa shape index (κ1) is 18.0. The van der Waals surface area contributed by atoms with E-state index in [1.54, 1.807) is 42.4 Å². The maximum absolute atomic E-state index is 13.3. The van der Waals surface area contributed by atoms with Crippen LogP contribution in [0.4, 0.5) is 0 Å². The molecular formula is C19H22N4O3S. The zero-order valence-electron chi connectivity index (χ0n) is 15.3. The number of hydrogen-bond donors (Lipinski definition) is 1. The Bertz CT molecular complexity index is 957. The van der Waals surface area contributed by atoms with Crippen molar-refractivity contribution in [2.75, 3.05) is 0 Å². The van der Waals surface area contributed by atoms with Crippen molar-refractivity contribution in [3.05, 3.63) is 41.2 Å². The smallest absolute Gasteiger partial charge is 0.247 e. The molecule has 27 heavy (non-hydrogen) atoms. The number of H-pyrrole nitrogens is 1. The van der Waals surface area contributed by atoms with Gasteiger partial charge in [-0.15, -0.1) is 0 Å². The molecule has 3 heterocycles. The lowest BCUT2D eigenvalue weighted by Gasteiger charge is -2.37. The highest BCUT2D eigenvalue weighted by atomic mass is 32.2. The van der Waals surface area contributed by atoms with E-state index in [1.807, 2.05) is 0 Å². The van der Waals surface area contributed by atoms with Crippen LogP contribution in [0.15, 0.2) is 29.2 Å². The van der Waals surface area contributed by atoms with Crippen LogP contribution in [0.3, 0.4) is 0 Å². The van der Waals surface area contributed by atoms with Gasteiger partial charge in [0.1, 0.15) is 16.7 Å². The first-order valence-corrected chi connectivity index (χ1v) is 10.6. The number of benzene rings is 1. The number of ether oxygens (including phenoxy) is 1. The Morgan fingerprint density at radius 2 is 1.81 bits per heavy atom. The van der Waals surface area contributed by atoms with Gasteiger partial charge < -0.3 is 4.74 Å². The van der Waals surface area contributed by atoms with Gasteiger partial charge in [-0.2, -0.15) is 14.7 Å². The molecule has 142 valence electrons. The third-order valence-electron chi connectivity index (χ3n) is 5.51. The molecule has 0 aliphatic carbocycles. The Morgan fingerprint density at radius 3 is 2.33 bits per heavy atom. The average molecular weight is 386 g/mol. The van der Waals surface area contributed by atoms with Crippen LogP contribution in [0.1, 0.15) is 42.6 Å². The minimum Gasteiger partial charge on any atom is -0.490 e. The fourth-order valence-corrected chi connectivity index (χ4v) is 6.63. The maximum Gasteiger partial charge on any atom is 0.247 e. The topological polar surface area (TPSA) is 99.1 Å². The van der Waals surface area contributed by atoms with Crippen molar-refractivity contribution in [1.29, 1.82) is 5.26 Å². The summed E-state index contributed by atoms with van der Waals surface area (Å²) >= 11 is 0. The van der Waals surface area contributed by atoms with E-state index in [2.05, 4.69) is 16.3 Å². The minimum atomic E-state index is -3.57. The summed E-state index contributed by atoms with van der Waals surface area (Å²) in [5.41, 5.74) is 1.69. The van der Waals surface area contributed by atoms with Gasteiger partial charge in [0.2, 0.25) is 10.0 Å². The lowest BCUT2D eigenvalue weighted by molar-refractivity contribution is 0.0956. The second kappa shape index (κ2) is 6.66. The highest BCUT2D eigenvalue weighted by Gasteiger charge is 2.48. The highest BCUT2D eigenvalue weighted by Crippen LogP contribution is 2.41. The third-order valence-corrected chi connectivity index (χ3v) is 7.77. The van der Waals surface area contributed by atoms with Crippen LogP contribution in [0.25, 0.3) is 0 Å². The molecule has 8 heteroatoms. The first-order valence-electron chi connectivity index (χ1n) is 9.12. The number of aryl methyl sites for hydroxylation is 2. The van der Waals surface area contributed by atoms with Crippen molar-refractivity contribution in [1.82, 2.24) is 14.5 Å². The fraction of sp³-hybridized carbons (Fsp3) is 0.474. The maximum atomic E-state index is 13.3. The lowest BCUT2D eigenvalue weighted by atomic mass is 10.0. The molecule has 7 nitrogen and oxygen atoms in total. The van der Waals surface area contributed by atoms with Crippen molar-refractivity contribution in [3.63, 3.8) is 0 Å². The van der Waals surface area contributed by atoms with Crippen LogP contribution in [0, 0.1) is 25.2 Å². The predicted octanol–water partition coefficient (Wildman–Crippen LogP) is 2.66. The molecule has 4 rings (SSSR count). The van der Waals surface area contributed by atoms with E-state index >= 15 is 0 Å². The Labute approximate surface area is 159 Å². The number of rotatable bonds is 4. The number of hydrogen-bond acceptors (Lipinski definition) is 5. The number of aromatic nitrogens is 2. The Morgan fingerprint density at radius 1 is 1.19 bits per heavy atom. The standard InChI is InChI=1S/C19H22N4O3S/c1-12-19(13(2)22-21-12)27(24,25)23-15-5-6-16(23)10-18(9-15)26-17-7-3-14(11-20)4-8-17/h3-4,7-8,15-16,18H,5-6,9-10H2,1-2H3,(H,21,22)/t15-,16?,18?/m0/s1. The number of nitrogens with zero attached hydrogens (tertiary/aromatic N) is 3. The van der Waals surface area contributed by atoms with Gasteiger partial charge in [-0.25, -0.2) is 8.42 Å². The molecular weight excluding hydrogens is 364 g/mol. The summed E-state index contributed by atoms with van der Waals surface area (Å²) < 4.78 is 34.3. The second-order valence-corrected chi connectivity index (χ2v) is 9.11. The Kier molecular flexibility index (Phi) is 4.44. The van der Waals surface area contributed by atoms with E-state index in [-0.39, 0.29) is 18.2 Å². The zero-order chi connectivity index (χ0) is 19.2. The molecule has 2 unspecified atom stereocenters. The van der Waals surface area contributed by atoms with Gasteiger partial charge in [0.15, 0.2) is 0 Å². The number of sulfonamides is 1. The monoisotopic (exact) mass is 386 g/mol. The number of piperidine rings is 1. The summed E-state index contributed by atoms with van der Waals surface area (Å²) in [5, 5.41) is 15.7. The fourth-order valence-electron chi connectivity index (χ4n) is 4.40. The van der Waals surface area contributed by atoms with Gasteiger partial charge in [-0.1, -0.05) is 0 Å². The van der Waals surface area contributed by atoms with Crippen molar-refractivity contribution < 1.29 is 13.2 Å². The summed E-state index contributed by atoms with van der Waals surface area (Å²) in [6.07, 6.45) is 3.03. The lowest BCUT2D eigenvalue weighted by Crippen LogP contribution is -2.49. The molecule has 2 aliphatic heterocycles. The summed E-state index contributed by atoms with van der Waals surface area (Å²) in [7, 11) is -3.57. The third kappa shape index (κ3) is 3.11. The van der Waals surface area contributed by atoms with Gasteiger partial charge in [0.25, 0.3) is 0 Å². The zero-order valence-corrected chi connectivity index (χ0v) is 16.2. The number of nitrogens with one attached hydrogen (secondary N) is 1. The van der Waals surface area contributed by atoms with Crippen molar-refractivity contribution in [2.24, 2.45) is 0 Å². The quantitative estimate of drug-likeness (QED) is 0.871. The second-order valence-electron chi connectivity index (χ2n) is 7.33. The summed E-state index contributed by atoms with van der Waals surface area (Å²) in [4.78, 5) is 0.311. The average Bonchev–Trinajstić information content (AvgIpc) is 3.13. The molecule has 0 radical (unpaired) electrons. The first-order chi connectivity index (χ1) is 12.9. The van der Waals surface area contributed by atoms with Gasteiger partial charge in [0, 0.05) is 24.9 Å². The SMILES string of the molecule is Cc1n[nH]c(C)c1S(=O)(=O)N1C2CC[C@H]1CC(Oc1ccc(C#N)cc1)C2. The van der Waals surface area contributed by atoms with Crippen LogP contribution in [-0.4, -0.2) is 41.1 Å². The van der Waals surface area contributed by atoms with Crippen molar-refractivity contribution >= 4 is 10.0 Å². The van der Waals surface area contributed by atoms with Crippen molar-refractivity contribution in [2.45, 2.75) is 62.6 Å². The molecule has 3 atom stereocenters.